The zero-order valence-corrected chi connectivity index (χ0v) is 13.1. The van der Waals surface area contributed by atoms with E-state index in [4.69, 9.17) is 0 Å². The van der Waals surface area contributed by atoms with Gasteiger partial charge in [0.05, 0.1) is 18.4 Å². The predicted octanol–water partition coefficient (Wildman–Crippen LogP) is 1.46. The highest BCUT2D eigenvalue weighted by Gasteiger charge is 2.17. The van der Waals surface area contributed by atoms with Crippen molar-refractivity contribution in [1.82, 2.24) is 9.88 Å². The molecule has 2 heterocycles. The molecule has 1 N–H and O–H groups in total. The quantitative estimate of drug-likeness (QED) is 0.912. The van der Waals surface area contributed by atoms with E-state index in [2.05, 4.69) is 9.71 Å². The maximum Gasteiger partial charge on any atom is 0.231 e. The number of likely N-dealkylation sites (tertiary alicyclic amines) is 1. The van der Waals surface area contributed by atoms with Crippen LogP contribution in [0.3, 0.4) is 0 Å². The van der Waals surface area contributed by atoms with Gasteiger partial charge in [-0.3, -0.25) is 9.52 Å². The molecule has 1 aliphatic rings. The monoisotopic (exact) mass is 317 g/mol. The van der Waals surface area contributed by atoms with Crippen LogP contribution in [0.25, 0.3) is 0 Å². The van der Waals surface area contributed by atoms with Crippen molar-refractivity contribution in [3.05, 3.63) is 11.1 Å². The summed E-state index contributed by atoms with van der Waals surface area (Å²) in [7, 11) is -3.32. The van der Waals surface area contributed by atoms with Crippen molar-refractivity contribution in [3.8, 4) is 0 Å². The Labute approximate surface area is 123 Å². The number of rotatable bonds is 4. The summed E-state index contributed by atoms with van der Waals surface area (Å²) >= 11 is 1.20. The predicted molar refractivity (Wildman–Crippen MR) is 79.3 cm³/mol. The first-order valence-electron chi connectivity index (χ1n) is 6.64. The maximum absolute atomic E-state index is 12.2. The Hall–Kier alpha value is -1.15. The van der Waals surface area contributed by atoms with Crippen LogP contribution in [0.15, 0.2) is 5.38 Å². The van der Waals surface area contributed by atoms with E-state index >= 15 is 0 Å². The van der Waals surface area contributed by atoms with E-state index < -0.39 is 10.0 Å². The molecule has 0 spiro atoms. The lowest BCUT2D eigenvalue weighted by molar-refractivity contribution is -0.130. The smallest absolute Gasteiger partial charge is 0.231 e. The average Bonchev–Trinajstić information content (AvgIpc) is 2.63. The van der Waals surface area contributed by atoms with E-state index in [1.165, 1.54) is 24.2 Å². The summed E-state index contributed by atoms with van der Waals surface area (Å²) in [6.07, 6.45) is 5.80. The first-order valence-corrected chi connectivity index (χ1v) is 9.41. The number of hydrogen-bond acceptors (Lipinski definition) is 5. The number of amides is 1. The minimum absolute atomic E-state index is 0.0723. The number of thiazole rings is 1. The average molecular weight is 317 g/mol. The van der Waals surface area contributed by atoms with E-state index in [0.717, 1.165) is 32.2 Å². The zero-order chi connectivity index (χ0) is 14.6. The van der Waals surface area contributed by atoms with Crippen LogP contribution in [-0.4, -0.2) is 43.6 Å². The largest absolute Gasteiger partial charge is 0.342 e. The highest BCUT2D eigenvalue weighted by Crippen LogP contribution is 2.18. The lowest BCUT2D eigenvalue weighted by atomic mass is 10.2. The van der Waals surface area contributed by atoms with Crippen LogP contribution in [-0.2, 0) is 21.2 Å². The third-order valence-corrected chi connectivity index (χ3v) is 4.62. The van der Waals surface area contributed by atoms with Crippen molar-refractivity contribution >= 4 is 32.4 Å². The molecule has 0 aromatic carbocycles. The van der Waals surface area contributed by atoms with E-state index in [-0.39, 0.29) is 12.3 Å². The molecule has 1 aliphatic heterocycles. The van der Waals surface area contributed by atoms with Crippen LogP contribution in [0.1, 0.15) is 31.4 Å². The fourth-order valence-electron chi connectivity index (χ4n) is 2.18. The van der Waals surface area contributed by atoms with Crippen molar-refractivity contribution in [3.63, 3.8) is 0 Å². The summed E-state index contributed by atoms with van der Waals surface area (Å²) < 4.78 is 24.5. The summed E-state index contributed by atoms with van der Waals surface area (Å²) in [6.45, 7) is 1.63. The Morgan fingerprint density at radius 3 is 2.60 bits per heavy atom. The molecule has 1 aromatic heterocycles. The number of nitrogens with one attached hydrogen (secondary N) is 1. The second-order valence-corrected chi connectivity index (χ2v) is 7.60. The maximum atomic E-state index is 12.2. The highest BCUT2D eigenvalue weighted by atomic mass is 32.2. The van der Waals surface area contributed by atoms with Gasteiger partial charge in [-0.1, -0.05) is 12.8 Å². The molecule has 0 aliphatic carbocycles. The zero-order valence-electron chi connectivity index (χ0n) is 11.5. The number of hydrogen-bond donors (Lipinski definition) is 1. The number of aromatic nitrogens is 1. The van der Waals surface area contributed by atoms with Gasteiger partial charge in [0.25, 0.3) is 0 Å². The van der Waals surface area contributed by atoms with Crippen molar-refractivity contribution in [2.24, 2.45) is 0 Å². The van der Waals surface area contributed by atoms with Crippen LogP contribution in [0.2, 0.25) is 0 Å². The van der Waals surface area contributed by atoms with E-state index in [1.54, 1.807) is 5.38 Å². The SMILES string of the molecule is CS(=O)(=O)Nc1nc(CC(=O)N2CCCCCC2)cs1. The molecule has 112 valence electrons. The van der Waals surface area contributed by atoms with Crippen LogP contribution >= 0.6 is 11.3 Å². The molecule has 1 fully saturated rings. The molecule has 0 atom stereocenters. The van der Waals surface area contributed by atoms with Gasteiger partial charge < -0.3 is 4.90 Å². The molecule has 6 nitrogen and oxygen atoms in total. The molecule has 1 aromatic rings. The molecule has 1 saturated heterocycles. The summed E-state index contributed by atoms with van der Waals surface area (Å²) in [5.74, 6) is 0.0723. The first-order chi connectivity index (χ1) is 9.44. The van der Waals surface area contributed by atoms with Gasteiger partial charge in [0, 0.05) is 18.5 Å². The van der Waals surface area contributed by atoms with E-state index in [0.29, 0.717) is 10.8 Å². The third kappa shape index (κ3) is 4.75. The summed E-state index contributed by atoms with van der Waals surface area (Å²) in [6, 6.07) is 0. The number of carbonyl (C=O) groups excluding carboxylic acids is 1. The Morgan fingerprint density at radius 1 is 1.35 bits per heavy atom. The molecule has 0 saturated carbocycles. The fourth-order valence-corrected chi connectivity index (χ4v) is 3.74. The normalized spacial score (nSPS) is 16.8. The van der Waals surface area contributed by atoms with Gasteiger partial charge in [-0.15, -0.1) is 11.3 Å². The van der Waals surface area contributed by atoms with Crippen molar-refractivity contribution in [2.45, 2.75) is 32.1 Å². The fraction of sp³-hybridized carbons (Fsp3) is 0.667. The van der Waals surface area contributed by atoms with Gasteiger partial charge in [0.1, 0.15) is 0 Å². The third-order valence-electron chi connectivity index (χ3n) is 3.12. The molecule has 0 bridgehead atoms. The summed E-state index contributed by atoms with van der Waals surface area (Å²) in [5, 5.41) is 2.04. The minimum atomic E-state index is -3.32. The van der Waals surface area contributed by atoms with E-state index in [9.17, 15) is 13.2 Å². The Kier molecular flexibility index (Phi) is 4.98. The van der Waals surface area contributed by atoms with E-state index in [1.807, 2.05) is 4.90 Å². The van der Waals surface area contributed by atoms with Gasteiger partial charge in [-0.2, -0.15) is 0 Å². The van der Waals surface area contributed by atoms with Crippen molar-refractivity contribution in [2.75, 3.05) is 24.1 Å². The molecule has 8 heteroatoms. The van der Waals surface area contributed by atoms with Crippen LogP contribution in [0.4, 0.5) is 5.13 Å². The van der Waals surface area contributed by atoms with Gasteiger partial charge in [0.15, 0.2) is 5.13 Å². The van der Waals surface area contributed by atoms with Crippen LogP contribution < -0.4 is 4.72 Å². The Morgan fingerprint density at radius 2 is 2.00 bits per heavy atom. The van der Waals surface area contributed by atoms with Crippen LogP contribution in [0, 0.1) is 0 Å². The number of nitrogens with zero attached hydrogens (tertiary/aromatic N) is 2. The van der Waals surface area contributed by atoms with Gasteiger partial charge >= 0.3 is 0 Å². The Balaban J connectivity index is 1.94. The number of carbonyl (C=O) groups is 1. The second kappa shape index (κ2) is 6.53. The lowest BCUT2D eigenvalue weighted by Gasteiger charge is -2.19. The molecule has 0 unspecified atom stereocenters. The molecule has 1 amide bonds. The van der Waals surface area contributed by atoms with Gasteiger partial charge in [0.2, 0.25) is 15.9 Å². The lowest BCUT2D eigenvalue weighted by Crippen LogP contribution is -2.33. The summed E-state index contributed by atoms with van der Waals surface area (Å²) in [4.78, 5) is 18.2. The second-order valence-electron chi connectivity index (χ2n) is 4.99. The van der Waals surface area contributed by atoms with Gasteiger partial charge in [-0.05, 0) is 12.8 Å². The van der Waals surface area contributed by atoms with Crippen molar-refractivity contribution < 1.29 is 13.2 Å². The molecule has 20 heavy (non-hydrogen) atoms. The van der Waals surface area contributed by atoms with Crippen LogP contribution in [0.5, 0.6) is 0 Å². The molecular formula is C12H19N3O3S2. The minimum Gasteiger partial charge on any atom is -0.342 e. The highest BCUT2D eigenvalue weighted by molar-refractivity contribution is 7.92. The molecule has 0 radical (unpaired) electrons. The first kappa shape index (κ1) is 15.2. The topological polar surface area (TPSA) is 79.4 Å². The van der Waals surface area contributed by atoms with Crippen molar-refractivity contribution in [1.29, 1.82) is 0 Å². The molecular weight excluding hydrogens is 298 g/mol. The number of sulfonamides is 1. The molecule has 2 rings (SSSR count). The standard InChI is InChI=1S/C12H19N3O3S2/c1-20(17,18)14-12-13-10(9-19-12)8-11(16)15-6-4-2-3-5-7-15/h9H,2-8H2,1H3,(H,13,14). The van der Waals surface area contributed by atoms with Gasteiger partial charge in [-0.25, -0.2) is 13.4 Å². The number of anilines is 1. The Bertz CT molecular complexity index is 560. The summed E-state index contributed by atoms with van der Waals surface area (Å²) in [5.41, 5.74) is 0.621.